The van der Waals surface area contributed by atoms with Gasteiger partial charge in [0.05, 0.1) is 5.56 Å². The fourth-order valence-electron chi connectivity index (χ4n) is 1.62. The lowest BCUT2D eigenvalue weighted by atomic mass is 10.0. The summed E-state index contributed by atoms with van der Waals surface area (Å²) in [4.78, 5) is 10.9. The van der Waals surface area contributed by atoms with Crippen LogP contribution in [0.25, 0.3) is 10.8 Å². The molecule has 2 rings (SSSR count). The SMILES string of the molecule is O=C(O)c1cc(CCl)c2ccccc2c1. The van der Waals surface area contributed by atoms with Crippen molar-refractivity contribution in [1.82, 2.24) is 0 Å². The zero-order chi connectivity index (χ0) is 10.8. The lowest BCUT2D eigenvalue weighted by Crippen LogP contribution is -1.97. The van der Waals surface area contributed by atoms with Crippen LogP contribution in [-0.4, -0.2) is 11.1 Å². The van der Waals surface area contributed by atoms with Gasteiger partial charge in [0.1, 0.15) is 0 Å². The summed E-state index contributed by atoms with van der Waals surface area (Å²) in [6.07, 6.45) is 0. The highest BCUT2D eigenvalue weighted by atomic mass is 35.5. The number of aromatic carboxylic acids is 1. The Kier molecular flexibility index (Phi) is 2.60. The van der Waals surface area contributed by atoms with Gasteiger partial charge in [-0.2, -0.15) is 0 Å². The Morgan fingerprint density at radius 2 is 2.00 bits per heavy atom. The van der Waals surface area contributed by atoms with Gasteiger partial charge in [-0.3, -0.25) is 0 Å². The maximum atomic E-state index is 10.9. The molecule has 0 aliphatic rings. The van der Waals surface area contributed by atoms with E-state index in [2.05, 4.69) is 0 Å². The summed E-state index contributed by atoms with van der Waals surface area (Å²) in [5, 5.41) is 10.8. The van der Waals surface area contributed by atoms with Gasteiger partial charge in [0.2, 0.25) is 0 Å². The Balaban J connectivity index is 2.77. The average Bonchev–Trinajstić information content (AvgIpc) is 2.27. The summed E-state index contributed by atoms with van der Waals surface area (Å²) >= 11 is 5.79. The zero-order valence-electron chi connectivity index (χ0n) is 7.90. The van der Waals surface area contributed by atoms with Gasteiger partial charge in [-0.05, 0) is 28.5 Å². The first-order chi connectivity index (χ1) is 7.22. The van der Waals surface area contributed by atoms with Gasteiger partial charge in [-0.25, -0.2) is 4.79 Å². The second-order valence-corrected chi connectivity index (χ2v) is 3.56. The monoisotopic (exact) mass is 220 g/mol. The smallest absolute Gasteiger partial charge is 0.335 e. The van der Waals surface area contributed by atoms with Crippen molar-refractivity contribution in [3.05, 3.63) is 47.5 Å². The number of carboxylic acids is 1. The van der Waals surface area contributed by atoms with Crippen LogP contribution < -0.4 is 0 Å². The Bertz CT molecular complexity index is 520. The summed E-state index contributed by atoms with van der Waals surface area (Å²) in [6.45, 7) is 0. The fraction of sp³-hybridized carbons (Fsp3) is 0.0833. The van der Waals surface area contributed by atoms with E-state index in [0.717, 1.165) is 16.3 Å². The second-order valence-electron chi connectivity index (χ2n) is 3.30. The number of hydrogen-bond acceptors (Lipinski definition) is 1. The van der Waals surface area contributed by atoms with E-state index >= 15 is 0 Å². The molecule has 0 heterocycles. The summed E-state index contributed by atoms with van der Waals surface area (Å²) in [6, 6.07) is 10.9. The van der Waals surface area contributed by atoms with E-state index in [0.29, 0.717) is 5.88 Å². The molecule has 0 saturated carbocycles. The van der Waals surface area contributed by atoms with Crippen molar-refractivity contribution in [3.8, 4) is 0 Å². The second kappa shape index (κ2) is 3.91. The molecule has 0 atom stereocenters. The normalized spacial score (nSPS) is 10.5. The molecule has 0 amide bonds. The van der Waals surface area contributed by atoms with Crippen molar-refractivity contribution >= 4 is 28.3 Å². The van der Waals surface area contributed by atoms with Crippen LogP contribution in [0.15, 0.2) is 36.4 Å². The van der Waals surface area contributed by atoms with Crippen LogP contribution in [0, 0.1) is 0 Å². The molecule has 0 radical (unpaired) electrons. The van der Waals surface area contributed by atoms with Crippen molar-refractivity contribution < 1.29 is 9.90 Å². The molecule has 0 aliphatic carbocycles. The predicted molar refractivity (Wildman–Crippen MR) is 60.5 cm³/mol. The number of carbonyl (C=O) groups is 1. The summed E-state index contributed by atoms with van der Waals surface area (Å²) < 4.78 is 0. The molecule has 0 aliphatic heterocycles. The van der Waals surface area contributed by atoms with Gasteiger partial charge in [0, 0.05) is 5.88 Å². The van der Waals surface area contributed by atoms with Crippen molar-refractivity contribution in [2.75, 3.05) is 0 Å². The van der Waals surface area contributed by atoms with E-state index in [1.165, 1.54) is 0 Å². The molecule has 1 N–H and O–H groups in total. The van der Waals surface area contributed by atoms with E-state index < -0.39 is 5.97 Å². The van der Waals surface area contributed by atoms with Crippen LogP contribution in [0.1, 0.15) is 15.9 Å². The minimum Gasteiger partial charge on any atom is -0.478 e. The van der Waals surface area contributed by atoms with Crippen LogP contribution in [0.5, 0.6) is 0 Å². The zero-order valence-corrected chi connectivity index (χ0v) is 8.66. The summed E-state index contributed by atoms with van der Waals surface area (Å²) in [7, 11) is 0. The van der Waals surface area contributed by atoms with Crippen molar-refractivity contribution in [2.24, 2.45) is 0 Å². The number of hydrogen-bond donors (Lipinski definition) is 1. The van der Waals surface area contributed by atoms with Gasteiger partial charge in [-0.1, -0.05) is 24.3 Å². The molecule has 0 fully saturated rings. The minimum absolute atomic E-state index is 0.282. The van der Waals surface area contributed by atoms with E-state index in [9.17, 15) is 4.79 Å². The standard InChI is InChI=1S/C12H9ClO2/c13-7-10-6-9(12(14)15)5-8-3-1-2-4-11(8)10/h1-6H,7H2,(H,14,15). The van der Waals surface area contributed by atoms with Gasteiger partial charge in [0.25, 0.3) is 0 Å². The molecular weight excluding hydrogens is 212 g/mol. The van der Waals surface area contributed by atoms with E-state index in [1.807, 2.05) is 24.3 Å². The third kappa shape index (κ3) is 1.81. The largest absolute Gasteiger partial charge is 0.478 e. The lowest BCUT2D eigenvalue weighted by molar-refractivity contribution is 0.0697. The first-order valence-corrected chi connectivity index (χ1v) is 5.07. The Hall–Kier alpha value is -1.54. The van der Waals surface area contributed by atoms with Gasteiger partial charge >= 0.3 is 5.97 Å². The summed E-state index contributed by atoms with van der Waals surface area (Å²) in [5.41, 5.74) is 1.14. The van der Waals surface area contributed by atoms with Gasteiger partial charge in [0.15, 0.2) is 0 Å². The lowest BCUT2D eigenvalue weighted by Gasteiger charge is -2.05. The first kappa shape index (κ1) is 9.99. The molecule has 0 bridgehead atoms. The van der Waals surface area contributed by atoms with Crippen molar-refractivity contribution in [3.63, 3.8) is 0 Å². The molecule has 76 valence electrons. The number of carboxylic acid groups (broad SMARTS) is 1. The topological polar surface area (TPSA) is 37.3 Å². The van der Waals surface area contributed by atoms with Crippen LogP contribution in [0.3, 0.4) is 0 Å². The van der Waals surface area contributed by atoms with E-state index in [1.54, 1.807) is 12.1 Å². The molecule has 3 heteroatoms. The molecule has 2 aromatic rings. The third-order valence-electron chi connectivity index (χ3n) is 2.34. The minimum atomic E-state index is -0.924. The highest BCUT2D eigenvalue weighted by Gasteiger charge is 2.07. The molecule has 0 spiro atoms. The molecular formula is C12H9ClO2. The number of alkyl halides is 1. The van der Waals surface area contributed by atoms with E-state index in [4.69, 9.17) is 16.7 Å². The van der Waals surface area contributed by atoms with Crippen LogP contribution in [0.2, 0.25) is 0 Å². The number of rotatable bonds is 2. The maximum Gasteiger partial charge on any atom is 0.335 e. The maximum absolute atomic E-state index is 10.9. The number of benzene rings is 2. The molecule has 0 saturated heterocycles. The third-order valence-corrected chi connectivity index (χ3v) is 2.63. The van der Waals surface area contributed by atoms with Crippen molar-refractivity contribution in [1.29, 1.82) is 0 Å². The average molecular weight is 221 g/mol. The number of halogens is 1. The number of fused-ring (bicyclic) bond motifs is 1. The molecule has 15 heavy (non-hydrogen) atoms. The first-order valence-electron chi connectivity index (χ1n) is 4.53. The van der Waals surface area contributed by atoms with Crippen LogP contribution in [0.4, 0.5) is 0 Å². The van der Waals surface area contributed by atoms with Crippen LogP contribution in [-0.2, 0) is 5.88 Å². The molecule has 2 aromatic carbocycles. The quantitative estimate of drug-likeness (QED) is 0.789. The Labute approximate surface area is 92.1 Å². The highest BCUT2D eigenvalue weighted by Crippen LogP contribution is 2.22. The van der Waals surface area contributed by atoms with Crippen molar-refractivity contribution in [2.45, 2.75) is 5.88 Å². The molecule has 2 nitrogen and oxygen atoms in total. The molecule has 0 unspecified atom stereocenters. The van der Waals surface area contributed by atoms with Gasteiger partial charge in [-0.15, -0.1) is 11.6 Å². The Morgan fingerprint density at radius 3 is 2.67 bits per heavy atom. The summed E-state index contributed by atoms with van der Waals surface area (Å²) in [5.74, 6) is -0.603. The van der Waals surface area contributed by atoms with E-state index in [-0.39, 0.29) is 5.56 Å². The fourth-order valence-corrected chi connectivity index (χ4v) is 1.85. The van der Waals surface area contributed by atoms with Crippen LogP contribution >= 0.6 is 11.6 Å². The highest BCUT2D eigenvalue weighted by molar-refractivity contribution is 6.18. The van der Waals surface area contributed by atoms with Gasteiger partial charge < -0.3 is 5.11 Å². The molecule has 0 aromatic heterocycles. The Morgan fingerprint density at radius 1 is 1.27 bits per heavy atom. The predicted octanol–water partition coefficient (Wildman–Crippen LogP) is 3.28.